The first kappa shape index (κ1) is 20.1. The molecule has 0 spiro atoms. The predicted molar refractivity (Wildman–Crippen MR) is 102 cm³/mol. The predicted octanol–water partition coefficient (Wildman–Crippen LogP) is 3.53. The third-order valence-electron chi connectivity index (χ3n) is 5.14. The van der Waals surface area contributed by atoms with E-state index in [1.807, 2.05) is 30.3 Å². The Hall–Kier alpha value is -3.23. The van der Waals surface area contributed by atoms with Crippen LogP contribution in [-0.4, -0.2) is 38.3 Å². The van der Waals surface area contributed by atoms with Gasteiger partial charge in [0.1, 0.15) is 18.1 Å². The largest absolute Gasteiger partial charge is 0.408 e. The van der Waals surface area contributed by atoms with Gasteiger partial charge in [0.05, 0.1) is 0 Å². The van der Waals surface area contributed by atoms with Crippen molar-refractivity contribution in [1.29, 1.82) is 0 Å². The lowest BCUT2D eigenvalue weighted by atomic mass is 10.1. The number of hydrogen-bond donors (Lipinski definition) is 1. The van der Waals surface area contributed by atoms with Crippen molar-refractivity contribution in [3.63, 3.8) is 0 Å². The molecule has 0 bridgehead atoms. The summed E-state index contributed by atoms with van der Waals surface area (Å²) in [4.78, 5) is 33.5. The molecule has 1 amide bonds. The van der Waals surface area contributed by atoms with E-state index in [0.29, 0.717) is 18.5 Å². The van der Waals surface area contributed by atoms with Gasteiger partial charge in [0, 0.05) is 12.1 Å². The van der Waals surface area contributed by atoms with E-state index in [2.05, 4.69) is 15.3 Å². The molecule has 1 saturated carbocycles. The molecule has 30 heavy (non-hydrogen) atoms. The standard InChI is InChI=1S/C21H19F3N4O2/c1-12-9-15(16(29)10-13-5-3-2-4-6-13)26-19-17(25-11-28(12)19)20(30)27-18(14-7-8-14)21(22,23)24/h2-6,9,11,14,18H,7-8,10H2,1H3,(H,27,30). The quantitative estimate of drug-likeness (QED) is 0.624. The Morgan fingerprint density at radius 3 is 2.57 bits per heavy atom. The van der Waals surface area contributed by atoms with Gasteiger partial charge in [0.15, 0.2) is 17.1 Å². The number of hydrogen-bond acceptors (Lipinski definition) is 4. The molecule has 1 atom stereocenters. The maximum absolute atomic E-state index is 13.3. The summed E-state index contributed by atoms with van der Waals surface area (Å²) in [6.45, 7) is 1.71. The normalized spacial score (nSPS) is 15.2. The van der Waals surface area contributed by atoms with Gasteiger partial charge in [-0.15, -0.1) is 0 Å². The molecular formula is C21H19F3N4O2. The molecular weight excluding hydrogens is 397 g/mol. The van der Waals surface area contributed by atoms with E-state index in [0.717, 1.165) is 5.56 Å². The van der Waals surface area contributed by atoms with Crippen LogP contribution in [0.3, 0.4) is 0 Å². The molecule has 1 fully saturated rings. The molecule has 1 unspecified atom stereocenters. The molecule has 0 saturated heterocycles. The number of alkyl halides is 3. The number of rotatable bonds is 6. The van der Waals surface area contributed by atoms with E-state index < -0.39 is 24.0 Å². The first-order valence-electron chi connectivity index (χ1n) is 9.53. The molecule has 2 aromatic heterocycles. The average molecular weight is 416 g/mol. The van der Waals surface area contributed by atoms with Gasteiger partial charge in [-0.1, -0.05) is 30.3 Å². The van der Waals surface area contributed by atoms with Gasteiger partial charge in [-0.2, -0.15) is 13.2 Å². The SMILES string of the molecule is Cc1cc(C(=O)Cc2ccccc2)nc2c(C(=O)NC(C3CC3)C(F)(F)F)ncn12. The van der Waals surface area contributed by atoms with Crippen molar-refractivity contribution in [3.05, 3.63) is 65.4 Å². The van der Waals surface area contributed by atoms with Crippen LogP contribution < -0.4 is 5.32 Å². The van der Waals surface area contributed by atoms with Crippen molar-refractivity contribution in [2.24, 2.45) is 5.92 Å². The summed E-state index contributed by atoms with van der Waals surface area (Å²) >= 11 is 0. The van der Waals surface area contributed by atoms with E-state index in [1.54, 1.807) is 13.0 Å². The van der Waals surface area contributed by atoms with Crippen molar-refractivity contribution in [1.82, 2.24) is 19.7 Å². The molecule has 4 rings (SSSR count). The van der Waals surface area contributed by atoms with Gasteiger partial charge < -0.3 is 5.32 Å². The van der Waals surface area contributed by atoms with E-state index in [-0.39, 0.29) is 29.2 Å². The van der Waals surface area contributed by atoms with E-state index >= 15 is 0 Å². The number of carbonyl (C=O) groups excluding carboxylic acids is 2. The fourth-order valence-corrected chi connectivity index (χ4v) is 3.40. The minimum Gasteiger partial charge on any atom is -0.339 e. The lowest BCUT2D eigenvalue weighted by Crippen LogP contribution is -2.47. The lowest BCUT2D eigenvalue weighted by Gasteiger charge is -2.20. The number of nitrogens with one attached hydrogen (secondary N) is 1. The lowest BCUT2D eigenvalue weighted by molar-refractivity contribution is -0.158. The van der Waals surface area contributed by atoms with Crippen LogP contribution in [0.15, 0.2) is 42.7 Å². The molecule has 6 nitrogen and oxygen atoms in total. The molecule has 1 N–H and O–H groups in total. The zero-order chi connectivity index (χ0) is 21.5. The first-order valence-corrected chi connectivity index (χ1v) is 9.53. The van der Waals surface area contributed by atoms with E-state index in [4.69, 9.17) is 0 Å². The van der Waals surface area contributed by atoms with Crippen LogP contribution in [0.1, 0.15) is 45.1 Å². The Kier molecular flexibility index (Phi) is 5.05. The Morgan fingerprint density at radius 1 is 1.23 bits per heavy atom. The summed E-state index contributed by atoms with van der Waals surface area (Å²) in [5.74, 6) is -1.82. The number of fused-ring (bicyclic) bond motifs is 1. The van der Waals surface area contributed by atoms with Gasteiger partial charge >= 0.3 is 6.18 Å². The number of aryl methyl sites for hydroxylation is 1. The minimum atomic E-state index is -4.54. The van der Waals surface area contributed by atoms with Crippen LogP contribution >= 0.6 is 0 Å². The second-order valence-electron chi connectivity index (χ2n) is 7.49. The number of imidazole rings is 1. The van der Waals surface area contributed by atoms with Gasteiger partial charge in [0.25, 0.3) is 5.91 Å². The number of carbonyl (C=O) groups is 2. The van der Waals surface area contributed by atoms with Crippen LogP contribution in [0, 0.1) is 12.8 Å². The van der Waals surface area contributed by atoms with E-state index in [9.17, 15) is 22.8 Å². The highest BCUT2D eigenvalue weighted by molar-refractivity contribution is 6.00. The second kappa shape index (κ2) is 7.55. The van der Waals surface area contributed by atoms with Crippen molar-refractivity contribution in [3.8, 4) is 0 Å². The number of ketones is 1. The van der Waals surface area contributed by atoms with Crippen LogP contribution in [0.4, 0.5) is 13.2 Å². The molecule has 0 aliphatic heterocycles. The number of aromatic nitrogens is 3. The third-order valence-corrected chi connectivity index (χ3v) is 5.14. The summed E-state index contributed by atoms with van der Waals surface area (Å²) in [7, 11) is 0. The fraction of sp³-hybridized carbons (Fsp3) is 0.333. The van der Waals surface area contributed by atoms with Gasteiger partial charge in [-0.25, -0.2) is 9.97 Å². The number of benzene rings is 1. The number of Topliss-reactive ketones (excluding diaryl/α,β-unsaturated/α-hetero) is 1. The molecule has 0 radical (unpaired) electrons. The molecule has 156 valence electrons. The van der Waals surface area contributed by atoms with Gasteiger partial charge in [-0.3, -0.25) is 14.0 Å². The zero-order valence-electron chi connectivity index (χ0n) is 16.1. The summed E-state index contributed by atoms with van der Waals surface area (Å²) in [5, 5.41) is 2.06. The molecule has 3 aromatic rings. The summed E-state index contributed by atoms with van der Waals surface area (Å²) < 4.78 is 41.3. The Balaban J connectivity index is 1.63. The highest BCUT2D eigenvalue weighted by Gasteiger charge is 2.50. The maximum Gasteiger partial charge on any atom is 0.408 e. The summed E-state index contributed by atoms with van der Waals surface area (Å²) in [6, 6.07) is 8.78. The highest BCUT2D eigenvalue weighted by Crippen LogP contribution is 2.40. The number of nitrogens with zero attached hydrogens (tertiary/aromatic N) is 3. The highest BCUT2D eigenvalue weighted by atomic mass is 19.4. The molecule has 9 heteroatoms. The van der Waals surface area contributed by atoms with E-state index in [1.165, 1.54) is 10.7 Å². The average Bonchev–Trinajstić information content (AvgIpc) is 3.43. The monoisotopic (exact) mass is 416 g/mol. The Morgan fingerprint density at radius 2 is 1.93 bits per heavy atom. The van der Waals surface area contributed by atoms with Crippen molar-refractivity contribution >= 4 is 17.3 Å². The van der Waals surface area contributed by atoms with Crippen LogP contribution in [-0.2, 0) is 6.42 Å². The van der Waals surface area contributed by atoms with Crippen molar-refractivity contribution in [2.75, 3.05) is 0 Å². The molecule has 1 aromatic carbocycles. The molecule has 2 heterocycles. The Bertz CT molecular complexity index is 1100. The van der Waals surface area contributed by atoms with Crippen molar-refractivity contribution in [2.45, 2.75) is 38.4 Å². The molecule has 1 aliphatic carbocycles. The maximum atomic E-state index is 13.3. The third kappa shape index (κ3) is 4.05. The van der Waals surface area contributed by atoms with Gasteiger partial charge in [0.2, 0.25) is 0 Å². The van der Waals surface area contributed by atoms with Crippen LogP contribution in [0.2, 0.25) is 0 Å². The zero-order valence-corrected chi connectivity index (χ0v) is 16.1. The topological polar surface area (TPSA) is 76.4 Å². The minimum absolute atomic E-state index is 0.0561. The first-order chi connectivity index (χ1) is 14.2. The molecule has 1 aliphatic rings. The number of halogens is 3. The van der Waals surface area contributed by atoms with Crippen LogP contribution in [0.25, 0.3) is 5.65 Å². The van der Waals surface area contributed by atoms with Gasteiger partial charge in [-0.05, 0) is 37.3 Å². The summed E-state index contributed by atoms with van der Waals surface area (Å²) in [5.41, 5.74) is 1.36. The summed E-state index contributed by atoms with van der Waals surface area (Å²) in [6.07, 6.45) is -2.25. The second-order valence-corrected chi connectivity index (χ2v) is 7.49. The fourth-order valence-electron chi connectivity index (χ4n) is 3.40. The van der Waals surface area contributed by atoms with Crippen molar-refractivity contribution < 1.29 is 22.8 Å². The Labute approximate surface area is 170 Å². The number of amides is 1. The smallest absolute Gasteiger partial charge is 0.339 e. The van der Waals surface area contributed by atoms with Crippen LogP contribution in [0.5, 0.6) is 0 Å².